The number of anilines is 1. The first-order chi connectivity index (χ1) is 13.2. The summed E-state index contributed by atoms with van der Waals surface area (Å²) < 4.78 is 0. The van der Waals surface area contributed by atoms with Crippen molar-refractivity contribution < 1.29 is 9.59 Å². The number of carbonyl (C=O) groups is 2. The van der Waals surface area contributed by atoms with E-state index in [0.29, 0.717) is 24.2 Å². The number of rotatable bonds is 6. The Kier molecular flexibility index (Phi) is 6.00. The van der Waals surface area contributed by atoms with Crippen LogP contribution in [-0.4, -0.2) is 23.3 Å². The van der Waals surface area contributed by atoms with Crippen molar-refractivity contribution in [2.24, 2.45) is 0 Å². The summed E-state index contributed by atoms with van der Waals surface area (Å²) in [6.07, 6.45) is 0. The van der Waals surface area contributed by atoms with Crippen LogP contribution in [0, 0.1) is 0 Å². The maximum Gasteiger partial charge on any atom is 0.255 e. The molecule has 27 heavy (non-hydrogen) atoms. The molecule has 1 N–H and O–H groups in total. The highest BCUT2D eigenvalue weighted by molar-refractivity contribution is 6.05. The summed E-state index contributed by atoms with van der Waals surface area (Å²) in [5.74, 6) is -0.242. The summed E-state index contributed by atoms with van der Waals surface area (Å²) >= 11 is 0. The van der Waals surface area contributed by atoms with Crippen LogP contribution < -0.4 is 5.32 Å². The van der Waals surface area contributed by atoms with Crippen LogP contribution in [0.3, 0.4) is 0 Å². The zero-order valence-electron chi connectivity index (χ0n) is 15.3. The normalized spacial score (nSPS) is 10.3. The lowest BCUT2D eigenvalue weighted by Gasteiger charge is -2.21. The van der Waals surface area contributed by atoms with Crippen LogP contribution in [0.2, 0.25) is 0 Å². The van der Waals surface area contributed by atoms with Gasteiger partial charge in [-0.3, -0.25) is 9.59 Å². The molecule has 136 valence electrons. The summed E-state index contributed by atoms with van der Waals surface area (Å²) in [5, 5.41) is 2.84. The Morgan fingerprint density at radius 2 is 1.33 bits per heavy atom. The van der Waals surface area contributed by atoms with E-state index in [1.165, 1.54) is 0 Å². The van der Waals surface area contributed by atoms with Crippen LogP contribution in [0.1, 0.15) is 33.2 Å². The molecule has 0 heterocycles. The minimum atomic E-state index is -0.197. The highest BCUT2D eigenvalue weighted by Gasteiger charge is 2.15. The lowest BCUT2D eigenvalue weighted by atomic mass is 10.1. The van der Waals surface area contributed by atoms with E-state index < -0.39 is 0 Å². The molecule has 4 nitrogen and oxygen atoms in total. The highest BCUT2D eigenvalue weighted by Crippen LogP contribution is 2.13. The van der Waals surface area contributed by atoms with Crippen molar-refractivity contribution in [3.8, 4) is 0 Å². The molecule has 0 saturated carbocycles. The molecule has 2 amide bonds. The smallest absolute Gasteiger partial charge is 0.255 e. The van der Waals surface area contributed by atoms with Gasteiger partial charge in [0.2, 0.25) is 0 Å². The fourth-order valence-corrected chi connectivity index (χ4v) is 2.80. The van der Waals surface area contributed by atoms with Gasteiger partial charge < -0.3 is 10.2 Å². The molecule has 0 radical (unpaired) electrons. The largest absolute Gasteiger partial charge is 0.335 e. The second-order valence-corrected chi connectivity index (χ2v) is 6.20. The average molecular weight is 358 g/mol. The minimum Gasteiger partial charge on any atom is -0.335 e. The van der Waals surface area contributed by atoms with Crippen LogP contribution >= 0.6 is 0 Å². The van der Waals surface area contributed by atoms with E-state index in [0.717, 1.165) is 11.3 Å². The summed E-state index contributed by atoms with van der Waals surface area (Å²) in [5.41, 5.74) is 2.92. The number of hydrogen-bond donors (Lipinski definition) is 1. The monoisotopic (exact) mass is 358 g/mol. The molecule has 0 aliphatic heterocycles. The number of para-hydroxylation sites is 1. The summed E-state index contributed by atoms with van der Waals surface area (Å²) in [7, 11) is 0. The van der Waals surface area contributed by atoms with Crippen molar-refractivity contribution in [3.63, 3.8) is 0 Å². The van der Waals surface area contributed by atoms with Crippen molar-refractivity contribution in [2.75, 3.05) is 11.9 Å². The first kappa shape index (κ1) is 18.4. The quantitative estimate of drug-likeness (QED) is 0.700. The molecular formula is C23H22N2O2. The Hall–Kier alpha value is -3.40. The van der Waals surface area contributed by atoms with Gasteiger partial charge in [0.25, 0.3) is 11.8 Å². The van der Waals surface area contributed by atoms with Crippen molar-refractivity contribution in [3.05, 3.63) is 102 Å². The third-order valence-corrected chi connectivity index (χ3v) is 4.31. The van der Waals surface area contributed by atoms with Gasteiger partial charge in [-0.05, 0) is 48.9 Å². The molecule has 3 aromatic rings. The van der Waals surface area contributed by atoms with Gasteiger partial charge in [0.15, 0.2) is 0 Å². The SMILES string of the molecule is CCN(Cc1ccccc1)C(=O)c1ccc(C(=O)Nc2ccccc2)cc1. The highest BCUT2D eigenvalue weighted by atomic mass is 16.2. The number of hydrogen-bond acceptors (Lipinski definition) is 2. The molecule has 0 unspecified atom stereocenters. The Morgan fingerprint density at radius 3 is 1.93 bits per heavy atom. The minimum absolute atomic E-state index is 0.0450. The van der Waals surface area contributed by atoms with Crippen molar-refractivity contribution in [1.82, 2.24) is 4.90 Å². The first-order valence-electron chi connectivity index (χ1n) is 8.97. The molecule has 0 aromatic heterocycles. The first-order valence-corrected chi connectivity index (χ1v) is 8.97. The van der Waals surface area contributed by atoms with E-state index in [4.69, 9.17) is 0 Å². The fraction of sp³-hybridized carbons (Fsp3) is 0.130. The molecule has 0 saturated heterocycles. The van der Waals surface area contributed by atoms with Gasteiger partial charge in [0, 0.05) is 29.9 Å². The van der Waals surface area contributed by atoms with Crippen molar-refractivity contribution >= 4 is 17.5 Å². The third-order valence-electron chi connectivity index (χ3n) is 4.31. The number of amides is 2. The molecule has 4 heteroatoms. The Morgan fingerprint density at radius 1 is 0.778 bits per heavy atom. The van der Waals surface area contributed by atoms with Crippen LogP contribution in [0.15, 0.2) is 84.9 Å². The molecule has 0 aliphatic carbocycles. The van der Waals surface area contributed by atoms with E-state index in [2.05, 4.69) is 5.32 Å². The lowest BCUT2D eigenvalue weighted by molar-refractivity contribution is 0.0752. The average Bonchev–Trinajstić information content (AvgIpc) is 2.73. The number of nitrogens with one attached hydrogen (secondary N) is 1. The van der Waals surface area contributed by atoms with Crippen LogP contribution in [-0.2, 0) is 6.54 Å². The van der Waals surface area contributed by atoms with Gasteiger partial charge in [-0.2, -0.15) is 0 Å². The number of carbonyl (C=O) groups excluding carboxylic acids is 2. The van der Waals surface area contributed by atoms with E-state index in [1.807, 2.05) is 67.6 Å². The predicted octanol–water partition coefficient (Wildman–Crippen LogP) is 4.60. The second-order valence-electron chi connectivity index (χ2n) is 6.20. The van der Waals surface area contributed by atoms with Crippen molar-refractivity contribution in [1.29, 1.82) is 0 Å². The van der Waals surface area contributed by atoms with Gasteiger partial charge in [-0.25, -0.2) is 0 Å². The molecule has 0 fully saturated rings. The van der Waals surface area contributed by atoms with Gasteiger partial charge in [0.05, 0.1) is 0 Å². The van der Waals surface area contributed by atoms with Gasteiger partial charge in [-0.1, -0.05) is 48.5 Å². The van der Waals surface area contributed by atoms with Gasteiger partial charge in [-0.15, -0.1) is 0 Å². The zero-order valence-corrected chi connectivity index (χ0v) is 15.3. The molecule has 0 bridgehead atoms. The zero-order chi connectivity index (χ0) is 19.1. The molecule has 0 spiro atoms. The molecule has 0 atom stereocenters. The summed E-state index contributed by atoms with van der Waals surface area (Å²) in [6, 6.07) is 26.0. The Balaban J connectivity index is 1.68. The van der Waals surface area contributed by atoms with E-state index in [9.17, 15) is 9.59 Å². The van der Waals surface area contributed by atoms with E-state index in [1.54, 1.807) is 29.2 Å². The van der Waals surface area contributed by atoms with Gasteiger partial charge in [0.1, 0.15) is 0 Å². The standard InChI is InChI=1S/C23H22N2O2/c1-2-25(17-18-9-5-3-6-10-18)23(27)20-15-13-19(14-16-20)22(26)24-21-11-7-4-8-12-21/h3-16H,2,17H2,1H3,(H,24,26). The maximum atomic E-state index is 12.8. The topological polar surface area (TPSA) is 49.4 Å². The lowest BCUT2D eigenvalue weighted by Crippen LogP contribution is -2.30. The maximum absolute atomic E-state index is 12.8. The molecule has 3 aromatic carbocycles. The summed E-state index contributed by atoms with van der Waals surface area (Å²) in [6.45, 7) is 3.14. The second kappa shape index (κ2) is 8.81. The van der Waals surface area contributed by atoms with Crippen LogP contribution in [0.5, 0.6) is 0 Å². The van der Waals surface area contributed by atoms with Gasteiger partial charge >= 0.3 is 0 Å². The Bertz CT molecular complexity index is 891. The number of nitrogens with zero attached hydrogens (tertiary/aromatic N) is 1. The molecule has 3 rings (SSSR count). The third kappa shape index (κ3) is 4.82. The Labute approximate surface area is 159 Å². The van der Waals surface area contributed by atoms with E-state index >= 15 is 0 Å². The van der Waals surface area contributed by atoms with E-state index in [-0.39, 0.29) is 11.8 Å². The summed E-state index contributed by atoms with van der Waals surface area (Å²) in [4.78, 5) is 26.9. The molecular weight excluding hydrogens is 336 g/mol. The fourth-order valence-electron chi connectivity index (χ4n) is 2.80. The van der Waals surface area contributed by atoms with Crippen LogP contribution in [0.4, 0.5) is 5.69 Å². The van der Waals surface area contributed by atoms with Crippen LogP contribution in [0.25, 0.3) is 0 Å². The molecule has 0 aliphatic rings. The predicted molar refractivity (Wildman–Crippen MR) is 108 cm³/mol. The number of benzene rings is 3. The van der Waals surface area contributed by atoms with Crippen molar-refractivity contribution in [2.45, 2.75) is 13.5 Å².